The van der Waals surface area contributed by atoms with Crippen molar-refractivity contribution in [2.75, 3.05) is 0 Å². The molecule has 1 heteroatoms. The molecule has 162 valence electrons. The zero-order valence-electron chi connectivity index (χ0n) is 18.8. The van der Waals surface area contributed by atoms with Crippen molar-refractivity contribution in [2.45, 2.75) is 109 Å². The van der Waals surface area contributed by atoms with E-state index in [-0.39, 0.29) is 5.82 Å². The molecule has 0 saturated heterocycles. The maximum atomic E-state index is 13.2. The van der Waals surface area contributed by atoms with E-state index >= 15 is 0 Å². The van der Waals surface area contributed by atoms with E-state index in [4.69, 9.17) is 0 Å². The summed E-state index contributed by atoms with van der Waals surface area (Å²) in [6.45, 7) is 2.33. The minimum Gasteiger partial charge on any atom is -0.207 e. The summed E-state index contributed by atoms with van der Waals surface area (Å²) in [5.74, 6) is 5.60. The third-order valence-corrected chi connectivity index (χ3v) is 8.98. The van der Waals surface area contributed by atoms with E-state index in [1.54, 1.807) is 12.1 Å². The fourth-order valence-electron chi connectivity index (χ4n) is 7.06. The molecule has 0 nitrogen and oxygen atoms in total. The average Bonchev–Trinajstić information content (AvgIpc) is 2.77. The average molecular weight is 399 g/mol. The smallest absolute Gasteiger partial charge is 0.123 e. The monoisotopic (exact) mass is 398 g/mol. The largest absolute Gasteiger partial charge is 0.207 e. The van der Waals surface area contributed by atoms with Crippen LogP contribution in [0.3, 0.4) is 0 Å². The number of rotatable bonds is 7. The van der Waals surface area contributed by atoms with E-state index in [9.17, 15) is 4.39 Å². The molecule has 1 aromatic carbocycles. The van der Waals surface area contributed by atoms with E-state index < -0.39 is 0 Å². The Morgan fingerprint density at radius 3 is 2.00 bits per heavy atom. The summed E-state index contributed by atoms with van der Waals surface area (Å²) in [5.41, 5.74) is 1.38. The summed E-state index contributed by atoms with van der Waals surface area (Å²) >= 11 is 0. The lowest BCUT2D eigenvalue weighted by molar-refractivity contribution is 0.108. The molecule has 0 aromatic heterocycles. The molecule has 0 aliphatic heterocycles. The van der Waals surface area contributed by atoms with Crippen molar-refractivity contribution in [3.63, 3.8) is 0 Å². The van der Waals surface area contributed by atoms with Gasteiger partial charge in [-0.05, 0) is 85.3 Å². The van der Waals surface area contributed by atoms with Gasteiger partial charge in [0.05, 0.1) is 0 Å². The van der Waals surface area contributed by atoms with Crippen LogP contribution in [-0.2, 0) is 0 Å². The van der Waals surface area contributed by atoms with Crippen LogP contribution in [0.2, 0.25) is 0 Å². The summed E-state index contributed by atoms with van der Waals surface area (Å²) in [7, 11) is 0. The molecular weight excluding hydrogens is 355 g/mol. The van der Waals surface area contributed by atoms with Gasteiger partial charge in [0.1, 0.15) is 5.82 Å². The molecule has 3 fully saturated rings. The van der Waals surface area contributed by atoms with Crippen molar-refractivity contribution >= 4 is 0 Å². The lowest BCUT2D eigenvalue weighted by Gasteiger charge is -2.42. The van der Waals surface area contributed by atoms with Crippen LogP contribution in [0.1, 0.15) is 115 Å². The van der Waals surface area contributed by atoms with Crippen LogP contribution in [-0.4, -0.2) is 0 Å². The molecule has 3 saturated carbocycles. The van der Waals surface area contributed by atoms with Crippen molar-refractivity contribution in [3.8, 4) is 0 Å². The van der Waals surface area contributed by atoms with Gasteiger partial charge in [-0.15, -0.1) is 0 Å². The Hall–Kier alpha value is -0.850. The van der Waals surface area contributed by atoms with Crippen molar-refractivity contribution in [1.29, 1.82) is 0 Å². The number of hydrogen-bond donors (Lipinski definition) is 0. The molecule has 3 aliphatic carbocycles. The van der Waals surface area contributed by atoms with Gasteiger partial charge in [0.15, 0.2) is 0 Å². The minimum absolute atomic E-state index is 0.0996. The lowest BCUT2D eigenvalue weighted by atomic mass is 9.63. The highest BCUT2D eigenvalue weighted by Gasteiger charge is 2.36. The Balaban J connectivity index is 1.17. The summed E-state index contributed by atoms with van der Waals surface area (Å²) in [6.07, 6.45) is 21.9. The molecule has 0 radical (unpaired) electrons. The third-order valence-electron chi connectivity index (χ3n) is 8.98. The van der Waals surface area contributed by atoms with E-state index in [1.807, 2.05) is 12.1 Å². The topological polar surface area (TPSA) is 0 Å². The maximum absolute atomic E-state index is 13.2. The van der Waals surface area contributed by atoms with Crippen molar-refractivity contribution < 1.29 is 4.39 Å². The molecule has 4 atom stereocenters. The van der Waals surface area contributed by atoms with Crippen LogP contribution in [0, 0.1) is 35.4 Å². The fraction of sp³-hybridized carbons (Fsp3) is 0.786. The van der Waals surface area contributed by atoms with Gasteiger partial charge in [0, 0.05) is 0 Å². The number of benzene rings is 1. The Bertz CT molecular complexity index is 597. The van der Waals surface area contributed by atoms with Gasteiger partial charge < -0.3 is 0 Å². The molecule has 0 heterocycles. The number of unbranched alkanes of at least 4 members (excludes halogenated alkanes) is 1. The highest BCUT2D eigenvalue weighted by Crippen LogP contribution is 2.48. The normalized spacial score (nSPS) is 35.2. The van der Waals surface area contributed by atoms with E-state index in [0.717, 1.165) is 29.6 Å². The van der Waals surface area contributed by atoms with Crippen molar-refractivity contribution in [2.24, 2.45) is 29.6 Å². The molecule has 4 rings (SSSR count). The molecule has 0 N–H and O–H groups in total. The predicted octanol–water partition coefficient (Wildman–Crippen LogP) is 8.90. The zero-order chi connectivity index (χ0) is 20.1. The Kier molecular flexibility index (Phi) is 7.71. The van der Waals surface area contributed by atoms with Crippen molar-refractivity contribution in [3.05, 3.63) is 35.6 Å². The van der Waals surface area contributed by atoms with Crippen LogP contribution in [0.5, 0.6) is 0 Å². The second kappa shape index (κ2) is 10.5. The number of halogens is 1. The Morgan fingerprint density at radius 1 is 0.690 bits per heavy atom. The first-order valence-corrected chi connectivity index (χ1v) is 13.0. The third kappa shape index (κ3) is 5.86. The van der Waals surface area contributed by atoms with Gasteiger partial charge in [-0.3, -0.25) is 0 Å². The Morgan fingerprint density at radius 2 is 1.28 bits per heavy atom. The van der Waals surface area contributed by atoms with Crippen LogP contribution < -0.4 is 0 Å². The lowest BCUT2D eigenvalue weighted by Crippen LogP contribution is -2.30. The van der Waals surface area contributed by atoms with Crippen LogP contribution in [0.25, 0.3) is 0 Å². The minimum atomic E-state index is -0.0996. The molecular formula is C28H43F. The molecule has 0 bridgehead atoms. The van der Waals surface area contributed by atoms with Crippen LogP contribution in [0.15, 0.2) is 24.3 Å². The van der Waals surface area contributed by atoms with Gasteiger partial charge in [-0.1, -0.05) is 83.3 Å². The molecule has 0 amide bonds. The maximum Gasteiger partial charge on any atom is 0.123 e. The summed E-state index contributed by atoms with van der Waals surface area (Å²) in [6, 6.07) is 7.36. The van der Waals surface area contributed by atoms with Gasteiger partial charge in [-0.25, -0.2) is 4.39 Å². The molecule has 4 unspecified atom stereocenters. The van der Waals surface area contributed by atoms with Gasteiger partial charge in [-0.2, -0.15) is 0 Å². The summed E-state index contributed by atoms with van der Waals surface area (Å²) in [4.78, 5) is 0. The highest BCUT2D eigenvalue weighted by atomic mass is 19.1. The second-order valence-electron chi connectivity index (χ2n) is 10.9. The van der Waals surface area contributed by atoms with E-state index in [2.05, 4.69) is 6.92 Å². The predicted molar refractivity (Wildman–Crippen MR) is 122 cm³/mol. The first-order chi connectivity index (χ1) is 14.2. The van der Waals surface area contributed by atoms with Crippen LogP contribution >= 0.6 is 0 Å². The molecule has 0 spiro atoms. The summed E-state index contributed by atoms with van der Waals surface area (Å²) < 4.78 is 13.2. The summed E-state index contributed by atoms with van der Waals surface area (Å²) in [5, 5.41) is 0. The standard InChI is InChI=1S/C28H43F/c1-2-3-4-21-5-7-22(8-6-21)9-10-23-11-12-27-20-26(14-13-25(27)19-23)24-15-17-28(29)18-16-24/h15-18,21-23,25-27H,2-14,19-20H2,1H3. The molecule has 29 heavy (non-hydrogen) atoms. The fourth-order valence-corrected chi connectivity index (χ4v) is 7.06. The first-order valence-electron chi connectivity index (χ1n) is 13.0. The molecule has 3 aliphatic rings. The van der Waals surface area contributed by atoms with Gasteiger partial charge in [0.25, 0.3) is 0 Å². The highest BCUT2D eigenvalue weighted by molar-refractivity contribution is 5.21. The zero-order valence-corrected chi connectivity index (χ0v) is 18.8. The van der Waals surface area contributed by atoms with E-state index in [0.29, 0.717) is 5.92 Å². The SMILES string of the molecule is CCCCC1CCC(CCC2CCC3CC(c4ccc(F)cc4)CCC3C2)CC1. The Labute approximate surface area is 179 Å². The van der Waals surface area contributed by atoms with Gasteiger partial charge in [0.2, 0.25) is 0 Å². The number of fused-ring (bicyclic) bond motifs is 1. The van der Waals surface area contributed by atoms with Crippen LogP contribution in [0.4, 0.5) is 4.39 Å². The van der Waals surface area contributed by atoms with Crippen molar-refractivity contribution in [1.82, 2.24) is 0 Å². The number of hydrogen-bond acceptors (Lipinski definition) is 0. The van der Waals surface area contributed by atoms with E-state index in [1.165, 1.54) is 102 Å². The second-order valence-corrected chi connectivity index (χ2v) is 10.9. The first kappa shape index (κ1) is 21.4. The molecule has 1 aromatic rings. The van der Waals surface area contributed by atoms with Gasteiger partial charge >= 0.3 is 0 Å². The quantitative estimate of drug-likeness (QED) is 0.430.